The Morgan fingerprint density at radius 1 is 0.976 bits per heavy atom. The normalized spacial score (nSPS) is 33.6. The van der Waals surface area contributed by atoms with Crippen LogP contribution < -0.4 is 24.3 Å². The van der Waals surface area contributed by atoms with Crippen LogP contribution in [0.15, 0.2) is 24.3 Å². The van der Waals surface area contributed by atoms with E-state index < -0.39 is 67.1 Å². The van der Waals surface area contributed by atoms with Crippen LogP contribution in [0.4, 0.5) is 0 Å². The predicted molar refractivity (Wildman–Crippen MR) is 138 cm³/mol. The van der Waals surface area contributed by atoms with Crippen molar-refractivity contribution in [3.05, 3.63) is 41.0 Å². The number of ether oxygens (including phenoxy) is 7. The zero-order valence-electron chi connectivity index (χ0n) is 22.7. The molecule has 13 heteroatoms. The fourth-order valence-electron chi connectivity index (χ4n) is 6.43. The van der Waals surface area contributed by atoms with E-state index in [1.807, 2.05) is 0 Å². The van der Waals surface area contributed by atoms with E-state index in [4.69, 9.17) is 33.2 Å². The average molecular weight is 576 g/mol. The summed E-state index contributed by atoms with van der Waals surface area (Å²) in [5.41, 5.74) is 2.03. The number of cyclic esters (lactones) is 1. The fourth-order valence-corrected chi connectivity index (χ4v) is 6.43. The van der Waals surface area contributed by atoms with E-state index in [1.54, 1.807) is 31.3 Å². The molecule has 0 aromatic heterocycles. The molecule has 3 aliphatic heterocycles. The van der Waals surface area contributed by atoms with Crippen LogP contribution in [-0.4, -0.2) is 98.3 Å². The van der Waals surface area contributed by atoms with Crippen molar-refractivity contribution in [2.24, 2.45) is 11.8 Å². The molecule has 4 aliphatic rings. The van der Waals surface area contributed by atoms with E-state index in [0.717, 1.165) is 0 Å². The first-order chi connectivity index (χ1) is 19.8. The zero-order valence-corrected chi connectivity index (χ0v) is 22.7. The number of fused-ring (bicyclic) bond motifs is 3. The third-order valence-electron chi connectivity index (χ3n) is 8.48. The number of aliphatic hydroxyl groups excluding tert-OH is 3. The van der Waals surface area contributed by atoms with Crippen LogP contribution in [0.1, 0.15) is 28.7 Å². The second-order valence-corrected chi connectivity index (χ2v) is 10.5. The summed E-state index contributed by atoms with van der Waals surface area (Å²) >= 11 is 0. The minimum Gasteiger partial charge on any atom is -0.502 e. The molecule has 0 amide bonds. The molecule has 0 saturated carbocycles. The number of hydrogen-bond donors (Lipinski definition) is 5. The Kier molecular flexibility index (Phi) is 7.34. The summed E-state index contributed by atoms with van der Waals surface area (Å²) in [5.74, 6) is -1.02. The minimum atomic E-state index is -1.34. The van der Waals surface area contributed by atoms with Crippen LogP contribution in [0.3, 0.4) is 0 Å². The Morgan fingerprint density at radius 2 is 1.63 bits per heavy atom. The number of nitrogens with one attached hydrogen (secondary N) is 1. The topological polar surface area (TPSA) is 175 Å². The number of aromatic hydroxyl groups is 1. The standard InChI is InChI=1S/C28H33NO12/c1-29-22-25(33)24(32)19(8-30)40-28(22)41-26-13-7-16-15(38-10-39-16)6-12(13)20(21-14(26)9-37-27(21)34)11-4-17(35-2)23(31)18(5-11)36-3/h4-7,14,19-22,24-26,28-33H,8-10H2,1-3H3/t14-,19-,20+,21-,22-,24-,25-,26+,28-/m0/s1. The first-order valence-corrected chi connectivity index (χ1v) is 13.3. The van der Waals surface area contributed by atoms with Crippen molar-refractivity contribution in [3.63, 3.8) is 0 Å². The molecule has 0 unspecified atom stereocenters. The lowest BCUT2D eigenvalue weighted by atomic mass is 9.66. The molecule has 2 aromatic rings. The van der Waals surface area contributed by atoms with Gasteiger partial charge in [0, 0.05) is 11.8 Å². The van der Waals surface area contributed by atoms with Gasteiger partial charge >= 0.3 is 5.97 Å². The van der Waals surface area contributed by atoms with Crippen LogP contribution in [0.25, 0.3) is 0 Å². The summed E-state index contributed by atoms with van der Waals surface area (Å²) in [6.07, 6.45) is -5.58. The number of hydrogen-bond acceptors (Lipinski definition) is 13. The van der Waals surface area contributed by atoms with Gasteiger partial charge < -0.3 is 58.9 Å². The quantitative estimate of drug-likeness (QED) is 0.283. The third kappa shape index (κ3) is 4.44. The van der Waals surface area contributed by atoms with Gasteiger partial charge in [0.2, 0.25) is 12.5 Å². The molecule has 0 bridgehead atoms. The van der Waals surface area contributed by atoms with Crippen LogP contribution in [0.5, 0.6) is 28.7 Å². The van der Waals surface area contributed by atoms with Crippen molar-refractivity contribution in [2.75, 3.05) is 41.3 Å². The van der Waals surface area contributed by atoms with Crippen molar-refractivity contribution in [2.45, 2.75) is 42.7 Å². The number of carbonyl (C=O) groups is 1. The van der Waals surface area contributed by atoms with Gasteiger partial charge in [0.1, 0.15) is 18.3 Å². The Hall–Kier alpha value is -3.33. The monoisotopic (exact) mass is 575 g/mol. The van der Waals surface area contributed by atoms with Crippen molar-refractivity contribution >= 4 is 5.97 Å². The Labute approximate surface area is 235 Å². The summed E-state index contributed by atoms with van der Waals surface area (Å²) in [6, 6.07) is 6.08. The fraction of sp³-hybridized carbons (Fsp3) is 0.536. The molecule has 0 spiro atoms. The van der Waals surface area contributed by atoms with Gasteiger partial charge in [-0.15, -0.1) is 0 Å². The molecule has 222 valence electrons. The zero-order chi connectivity index (χ0) is 29.0. The second-order valence-electron chi connectivity index (χ2n) is 10.5. The molecule has 41 heavy (non-hydrogen) atoms. The molecule has 3 heterocycles. The van der Waals surface area contributed by atoms with E-state index in [0.29, 0.717) is 28.2 Å². The van der Waals surface area contributed by atoms with Gasteiger partial charge in [-0.05, 0) is 48.0 Å². The summed E-state index contributed by atoms with van der Waals surface area (Å²) < 4.78 is 40.2. The SMILES string of the molecule is CN[C@@H]1[C@H](O[C@@H]2c3cc4c(cc3[C@@H](c3cc(OC)c(O)c(OC)c3)[C@H]3C(=O)OC[C@@H]32)OCO4)O[C@@H](CO)[C@H](O)[C@H]1O. The first-order valence-electron chi connectivity index (χ1n) is 13.3. The van der Waals surface area contributed by atoms with Gasteiger partial charge in [0.25, 0.3) is 0 Å². The van der Waals surface area contributed by atoms with Gasteiger partial charge in [-0.1, -0.05) is 0 Å². The maximum atomic E-state index is 13.4. The van der Waals surface area contributed by atoms with Crippen molar-refractivity contribution < 1.29 is 58.4 Å². The van der Waals surface area contributed by atoms with Gasteiger partial charge in [0.15, 0.2) is 29.3 Å². The van der Waals surface area contributed by atoms with E-state index in [-0.39, 0.29) is 30.6 Å². The van der Waals surface area contributed by atoms with Gasteiger partial charge in [0.05, 0.1) is 45.5 Å². The lowest BCUT2D eigenvalue weighted by Crippen LogP contribution is -2.63. The number of rotatable bonds is 7. The summed E-state index contributed by atoms with van der Waals surface area (Å²) in [5, 5.41) is 44.4. The number of carbonyl (C=O) groups excluding carboxylic acids is 1. The third-order valence-corrected chi connectivity index (χ3v) is 8.48. The van der Waals surface area contributed by atoms with Gasteiger partial charge in [-0.2, -0.15) is 0 Å². The average Bonchev–Trinajstić information content (AvgIpc) is 3.60. The van der Waals surface area contributed by atoms with E-state index >= 15 is 0 Å². The lowest BCUT2D eigenvalue weighted by molar-refractivity contribution is -0.289. The molecule has 0 radical (unpaired) electrons. The molecule has 2 aromatic carbocycles. The molecule has 13 nitrogen and oxygen atoms in total. The Bertz CT molecular complexity index is 1290. The van der Waals surface area contributed by atoms with Gasteiger partial charge in [-0.3, -0.25) is 4.79 Å². The van der Waals surface area contributed by atoms with Crippen LogP contribution >= 0.6 is 0 Å². The van der Waals surface area contributed by atoms with Crippen LogP contribution in [0.2, 0.25) is 0 Å². The van der Waals surface area contributed by atoms with Crippen LogP contribution in [0, 0.1) is 11.8 Å². The highest BCUT2D eigenvalue weighted by Gasteiger charge is 2.55. The molecule has 2 saturated heterocycles. The van der Waals surface area contributed by atoms with Crippen molar-refractivity contribution in [3.8, 4) is 28.7 Å². The second kappa shape index (κ2) is 10.8. The van der Waals surface area contributed by atoms with Crippen LogP contribution in [-0.2, 0) is 19.0 Å². The number of likely N-dealkylation sites (N-methyl/N-ethyl adjacent to an activating group) is 1. The highest BCUT2D eigenvalue weighted by Crippen LogP contribution is 2.57. The van der Waals surface area contributed by atoms with Gasteiger partial charge in [-0.25, -0.2) is 0 Å². The smallest absolute Gasteiger partial charge is 0.310 e. The Morgan fingerprint density at radius 3 is 2.24 bits per heavy atom. The number of phenolic OH excluding ortho intramolecular Hbond substituents is 1. The summed E-state index contributed by atoms with van der Waals surface area (Å²) in [6.45, 7) is -0.453. The minimum absolute atomic E-state index is 0.0278. The number of phenols is 1. The lowest BCUT2D eigenvalue weighted by Gasteiger charge is -2.45. The molecule has 5 N–H and O–H groups in total. The number of methoxy groups -OCH3 is 2. The predicted octanol–water partition coefficient (Wildman–Crippen LogP) is 0.157. The number of benzene rings is 2. The largest absolute Gasteiger partial charge is 0.502 e. The number of esters is 1. The summed E-state index contributed by atoms with van der Waals surface area (Å²) in [7, 11) is 4.45. The molecule has 9 atom stereocenters. The molecule has 2 fully saturated rings. The Balaban J connectivity index is 1.49. The van der Waals surface area contributed by atoms with Crippen molar-refractivity contribution in [1.29, 1.82) is 0 Å². The van der Waals surface area contributed by atoms with Crippen molar-refractivity contribution in [1.82, 2.24) is 5.32 Å². The van der Waals surface area contributed by atoms with E-state index in [1.165, 1.54) is 14.2 Å². The van der Waals surface area contributed by atoms with E-state index in [2.05, 4.69) is 5.32 Å². The maximum Gasteiger partial charge on any atom is 0.310 e. The highest BCUT2D eigenvalue weighted by atomic mass is 16.7. The number of aliphatic hydroxyl groups is 3. The maximum absolute atomic E-state index is 13.4. The first kappa shape index (κ1) is 27.8. The highest BCUT2D eigenvalue weighted by molar-refractivity contribution is 5.79. The molecule has 1 aliphatic carbocycles. The molecule has 6 rings (SSSR count). The molecular weight excluding hydrogens is 542 g/mol. The van der Waals surface area contributed by atoms with E-state index in [9.17, 15) is 25.2 Å². The molecular formula is C28H33NO12. The summed E-state index contributed by atoms with van der Waals surface area (Å²) in [4.78, 5) is 13.4.